The number of benzene rings is 3. The van der Waals surface area contributed by atoms with Crippen molar-refractivity contribution >= 4 is 74.8 Å². The third-order valence-electron chi connectivity index (χ3n) is 5.59. The van der Waals surface area contributed by atoms with E-state index in [0.717, 1.165) is 25.8 Å². The van der Waals surface area contributed by atoms with E-state index in [4.69, 9.17) is 42.1 Å². The highest BCUT2D eigenvalue weighted by atomic mass is 127. The quantitative estimate of drug-likeness (QED) is 0.195. The van der Waals surface area contributed by atoms with Crippen LogP contribution in [-0.2, 0) is 17.9 Å². The lowest BCUT2D eigenvalue weighted by Crippen LogP contribution is -2.27. The number of carbonyl (C=O) groups is 2. The van der Waals surface area contributed by atoms with Crippen LogP contribution in [0.5, 0.6) is 23.0 Å². The van der Waals surface area contributed by atoms with Crippen molar-refractivity contribution < 1.29 is 28.5 Å². The number of nitrogens with zero attached hydrogens (tertiary/aromatic N) is 1. The fraction of sp³-hybridized carbons (Fsp3) is 0.154. The first kappa shape index (κ1) is 26.0. The smallest absolute Gasteiger partial charge is 0.293 e. The van der Waals surface area contributed by atoms with Crippen LogP contribution in [0.2, 0.25) is 10.0 Å². The molecule has 190 valence electrons. The van der Waals surface area contributed by atoms with Gasteiger partial charge in [-0.15, -0.1) is 0 Å². The van der Waals surface area contributed by atoms with E-state index in [-0.39, 0.29) is 18.6 Å². The summed E-state index contributed by atoms with van der Waals surface area (Å²) in [7, 11) is 1.55. The van der Waals surface area contributed by atoms with E-state index < -0.39 is 5.91 Å². The molecule has 1 saturated heterocycles. The molecule has 37 heavy (non-hydrogen) atoms. The van der Waals surface area contributed by atoms with Crippen molar-refractivity contribution in [3.63, 3.8) is 0 Å². The van der Waals surface area contributed by atoms with Gasteiger partial charge in [0.15, 0.2) is 23.0 Å². The predicted octanol–water partition coefficient (Wildman–Crippen LogP) is 7.15. The van der Waals surface area contributed by atoms with Gasteiger partial charge in [-0.3, -0.25) is 14.5 Å². The molecule has 3 aromatic carbocycles. The van der Waals surface area contributed by atoms with Crippen LogP contribution in [0, 0.1) is 3.57 Å². The topological polar surface area (TPSA) is 74.3 Å². The summed E-state index contributed by atoms with van der Waals surface area (Å²) >= 11 is 15.3. The minimum atomic E-state index is -0.402. The molecule has 3 aromatic rings. The zero-order valence-corrected chi connectivity index (χ0v) is 23.7. The van der Waals surface area contributed by atoms with E-state index in [1.165, 1.54) is 0 Å². The Balaban J connectivity index is 1.34. The first-order chi connectivity index (χ1) is 17.8. The van der Waals surface area contributed by atoms with Crippen molar-refractivity contribution in [3.8, 4) is 23.0 Å². The Bertz CT molecular complexity index is 1430. The summed E-state index contributed by atoms with van der Waals surface area (Å²) < 4.78 is 23.1. The third-order valence-corrected chi connectivity index (χ3v) is 7.90. The minimum absolute atomic E-state index is 0.0236. The molecule has 0 spiro atoms. The van der Waals surface area contributed by atoms with E-state index in [9.17, 15) is 9.59 Å². The van der Waals surface area contributed by atoms with Crippen LogP contribution < -0.4 is 18.9 Å². The van der Waals surface area contributed by atoms with E-state index in [1.807, 2.05) is 18.2 Å². The summed E-state index contributed by atoms with van der Waals surface area (Å²) in [5.74, 6) is 1.76. The van der Waals surface area contributed by atoms with Gasteiger partial charge < -0.3 is 18.9 Å². The van der Waals surface area contributed by atoms with E-state index >= 15 is 0 Å². The fourth-order valence-corrected chi connectivity index (χ4v) is 5.70. The second kappa shape index (κ2) is 11.0. The summed E-state index contributed by atoms with van der Waals surface area (Å²) in [6.07, 6.45) is 1.67. The maximum absolute atomic E-state index is 13.1. The number of thioether (sulfide) groups is 1. The van der Waals surface area contributed by atoms with E-state index in [0.29, 0.717) is 55.7 Å². The Labute approximate surface area is 240 Å². The molecule has 2 amide bonds. The van der Waals surface area contributed by atoms with E-state index in [2.05, 4.69) is 22.6 Å². The maximum Gasteiger partial charge on any atom is 0.293 e. The van der Waals surface area contributed by atoms with Gasteiger partial charge in [0.1, 0.15) is 6.61 Å². The normalized spacial score (nSPS) is 15.6. The van der Waals surface area contributed by atoms with Crippen LogP contribution in [0.25, 0.3) is 6.08 Å². The molecular formula is C26H18Cl2INO6S. The fourth-order valence-electron chi connectivity index (χ4n) is 3.74. The predicted molar refractivity (Wildman–Crippen MR) is 151 cm³/mol. The highest BCUT2D eigenvalue weighted by Crippen LogP contribution is 2.40. The van der Waals surface area contributed by atoms with Crippen LogP contribution in [0.1, 0.15) is 16.7 Å². The Morgan fingerprint density at radius 1 is 1.08 bits per heavy atom. The second-order valence-corrected chi connectivity index (χ2v) is 11.0. The van der Waals surface area contributed by atoms with Crippen molar-refractivity contribution in [2.45, 2.75) is 13.2 Å². The monoisotopic (exact) mass is 669 g/mol. The van der Waals surface area contributed by atoms with Gasteiger partial charge in [0.2, 0.25) is 6.79 Å². The number of methoxy groups -OCH3 is 1. The molecule has 0 unspecified atom stereocenters. The SMILES string of the molecule is COc1cc(/C=C2\SC(=O)N(Cc3cc4c(cc3Cl)OCO4)C2=O)cc(I)c1OCc1ccc(Cl)cc1. The number of rotatable bonds is 7. The first-order valence-corrected chi connectivity index (χ1v) is 13.6. The number of halogens is 3. The van der Waals surface area contributed by atoms with Crippen LogP contribution >= 0.6 is 57.6 Å². The van der Waals surface area contributed by atoms with Crippen LogP contribution in [0.3, 0.4) is 0 Å². The molecule has 1 fully saturated rings. The molecule has 0 radical (unpaired) electrons. The van der Waals surface area contributed by atoms with Crippen molar-refractivity contribution in [2.24, 2.45) is 0 Å². The Morgan fingerprint density at radius 3 is 2.54 bits per heavy atom. The molecule has 2 aliphatic rings. The summed E-state index contributed by atoms with van der Waals surface area (Å²) in [5, 5.41) is 0.666. The zero-order chi connectivity index (χ0) is 26.1. The van der Waals surface area contributed by atoms with Gasteiger partial charge in [-0.05, 0) is 87.5 Å². The number of carbonyl (C=O) groups excluding carboxylic acids is 2. The average Bonchev–Trinajstić information content (AvgIpc) is 3.43. The number of hydrogen-bond donors (Lipinski definition) is 0. The lowest BCUT2D eigenvalue weighted by molar-refractivity contribution is -0.123. The van der Waals surface area contributed by atoms with Gasteiger partial charge in [-0.1, -0.05) is 35.3 Å². The Morgan fingerprint density at radius 2 is 1.81 bits per heavy atom. The van der Waals surface area contributed by atoms with Crippen LogP contribution in [-0.4, -0.2) is 29.9 Å². The summed E-state index contributed by atoms with van der Waals surface area (Å²) in [6.45, 7) is 0.465. The van der Waals surface area contributed by atoms with Crippen molar-refractivity contribution in [1.29, 1.82) is 0 Å². The highest BCUT2D eigenvalue weighted by Gasteiger charge is 2.36. The van der Waals surface area contributed by atoms with Crippen molar-refractivity contribution in [1.82, 2.24) is 4.90 Å². The lowest BCUT2D eigenvalue weighted by atomic mass is 10.1. The second-order valence-electron chi connectivity index (χ2n) is 8.01. The van der Waals surface area contributed by atoms with Crippen molar-refractivity contribution in [3.05, 3.63) is 83.7 Å². The molecule has 0 aromatic heterocycles. The molecule has 5 rings (SSSR count). The maximum atomic E-state index is 13.1. The van der Waals surface area contributed by atoms with Gasteiger partial charge in [0, 0.05) is 16.1 Å². The molecule has 0 bridgehead atoms. The number of imide groups is 1. The minimum Gasteiger partial charge on any atom is -0.493 e. The van der Waals surface area contributed by atoms with Gasteiger partial charge in [0.25, 0.3) is 11.1 Å². The number of hydrogen-bond acceptors (Lipinski definition) is 7. The Kier molecular flexibility index (Phi) is 7.75. The Hall–Kier alpha value is -2.60. The van der Waals surface area contributed by atoms with Crippen molar-refractivity contribution in [2.75, 3.05) is 13.9 Å². The molecular weight excluding hydrogens is 652 g/mol. The van der Waals surface area contributed by atoms with Gasteiger partial charge in [-0.2, -0.15) is 0 Å². The summed E-state index contributed by atoms with van der Waals surface area (Å²) in [5.41, 5.74) is 2.25. The van der Waals surface area contributed by atoms with Crippen LogP contribution in [0.15, 0.2) is 53.4 Å². The molecule has 0 saturated carbocycles. The standard InChI is InChI=1S/C26H18Cl2INO6S/c1-33-22-7-15(6-19(29)24(22)34-12-14-2-4-17(27)5-3-14)8-23-25(31)30(26(32)37-23)11-16-9-20-21(10-18(16)28)36-13-35-20/h2-10H,11-13H2,1H3/b23-8-. The molecule has 7 nitrogen and oxygen atoms in total. The molecule has 2 heterocycles. The number of fused-ring (bicyclic) bond motifs is 1. The molecule has 0 aliphatic carbocycles. The number of ether oxygens (including phenoxy) is 4. The van der Waals surface area contributed by atoms with Gasteiger partial charge >= 0.3 is 0 Å². The summed E-state index contributed by atoms with van der Waals surface area (Å²) in [4.78, 5) is 27.3. The largest absolute Gasteiger partial charge is 0.493 e. The average molecular weight is 670 g/mol. The zero-order valence-electron chi connectivity index (χ0n) is 19.3. The first-order valence-electron chi connectivity index (χ1n) is 10.9. The van der Waals surface area contributed by atoms with Gasteiger partial charge in [0.05, 0.1) is 22.1 Å². The molecule has 11 heteroatoms. The molecule has 2 aliphatic heterocycles. The van der Waals surface area contributed by atoms with Crippen LogP contribution in [0.4, 0.5) is 4.79 Å². The molecule has 0 N–H and O–H groups in total. The molecule has 0 atom stereocenters. The number of amides is 2. The lowest BCUT2D eigenvalue weighted by Gasteiger charge is -2.14. The third kappa shape index (κ3) is 5.64. The summed E-state index contributed by atoms with van der Waals surface area (Å²) in [6, 6.07) is 14.3. The van der Waals surface area contributed by atoms with E-state index in [1.54, 1.807) is 43.5 Å². The highest BCUT2D eigenvalue weighted by molar-refractivity contribution is 14.1. The van der Waals surface area contributed by atoms with Gasteiger partial charge in [-0.25, -0.2) is 0 Å².